The van der Waals surface area contributed by atoms with Gasteiger partial charge in [-0.25, -0.2) is 0 Å². The largest absolute Gasteiger partial charge is 0.335 e. The summed E-state index contributed by atoms with van der Waals surface area (Å²) in [6.45, 7) is 11.2. The maximum atomic E-state index is 12.6. The summed E-state index contributed by atoms with van der Waals surface area (Å²) >= 11 is 5.21. The van der Waals surface area contributed by atoms with Crippen LogP contribution < -0.4 is 5.56 Å². The maximum Gasteiger partial charge on any atom is 0.262 e. The Labute approximate surface area is 140 Å². The van der Waals surface area contributed by atoms with Gasteiger partial charge in [0.15, 0.2) is 4.77 Å². The summed E-state index contributed by atoms with van der Waals surface area (Å²) in [6, 6.07) is 5.05. The molecule has 0 radical (unpaired) electrons. The first-order valence-corrected chi connectivity index (χ1v) is 8.00. The molecule has 0 unspecified atom stereocenters. The number of nitrogens with zero attached hydrogens (tertiary/aromatic N) is 2. The molecule has 0 spiro atoms. The van der Waals surface area contributed by atoms with E-state index in [0.29, 0.717) is 40.9 Å². The van der Waals surface area contributed by atoms with Crippen LogP contribution in [0.15, 0.2) is 35.1 Å². The van der Waals surface area contributed by atoms with Crippen LogP contribution in [0.1, 0.15) is 31.1 Å². The van der Waals surface area contributed by atoms with E-state index in [0.717, 1.165) is 5.57 Å². The molecule has 6 heteroatoms. The Bertz CT molecular complexity index is 880. The average molecular weight is 331 g/mol. The number of hydrogen-bond acceptors (Lipinski definition) is 3. The van der Waals surface area contributed by atoms with E-state index in [2.05, 4.69) is 11.6 Å². The smallest absolute Gasteiger partial charge is 0.262 e. The Morgan fingerprint density at radius 1 is 1.39 bits per heavy atom. The number of H-pyrrole nitrogens is 1. The van der Waals surface area contributed by atoms with E-state index >= 15 is 0 Å². The van der Waals surface area contributed by atoms with Crippen LogP contribution in [0.4, 0.5) is 0 Å². The summed E-state index contributed by atoms with van der Waals surface area (Å²) in [5.41, 5.74) is 1.90. The first-order valence-electron chi connectivity index (χ1n) is 7.59. The molecular formula is C17H21N3O2S. The predicted octanol–water partition coefficient (Wildman–Crippen LogP) is 3.12. The second kappa shape index (κ2) is 6.91. The van der Waals surface area contributed by atoms with Crippen LogP contribution in [0, 0.1) is 4.77 Å². The number of likely N-dealkylation sites (N-methyl/N-ethyl adjacent to an activating group) is 1. The van der Waals surface area contributed by atoms with Crippen molar-refractivity contribution in [1.82, 2.24) is 14.5 Å². The van der Waals surface area contributed by atoms with Gasteiger partial charge in [0.2, 0.25) is 0 Å². The fraction of sp³-hybridized carbons (Fsp3) is 0.353. The molecule has 0 saturated carbocycles. The molecule has 0 fully saturated rings. The molecule has 1 aromatic heterocycles. The SMILES string of the molecule is C=C(C)CN(CC)C(=O)c1ccc2c(=O)n(CC)c(=S)[nH]c2c1. The minimum Gasteiger partial charge on any atom is -0.335 e. The first-order chi connectivity index (χ1) is 10.9. The second-order valence-electron chi connectivity index (χ2n) is 5.52. The van der Waals surface area contributed by atoms with Gasteiger partial charge in [-0.1, -0.05) is 12.2 Å². The number of amides is 1. The summed E-state index contributed by atoms with van der Waals surface area (Å²) in [5.74, 6) is -0.0867. The fourth-order valence-corrected chi connectivity index (χ4v) is 2.83. The minimum atomic E-state index is -0.139. The molecule has 1 N–H and O–H groups in total. The molecule has 5 nitrogen and oxygen atoms in total. The van der Waals surface area contributed by atoms with E-state index in [9.17, 15) is 9.59 Å². The number of carbonyl (C=O) groups excluding carboxylic acids is 1. The molecular weight excluding hydrogens is 310 g/mol. The highest BCUT2D eigenvalue weighted by atomic mass is 32.1. The van der Waals surface area contributed by atoms with Gasteiger partial charge < -0.3 is 9.88 Å². The van der Waals surface area contributed by atoms with Crippen molar-refractivity contribution in [2.75, 3.05) is 13.1 Å². The van der Waals surface area contributed by atoms with E-state index < -0.39 is 0 Å². The zero-order valence-electron chi connectivity index (χ0n) is 13.7. The van der Waals surface area contributed by atoms with Gasteiger partial charge in [0.1, 0.15) is 0 Å². The number of carbonyl (C=O) groups is 1. The monoisotopic (exact) mass is 331 g/mol. The van der Waals surface area contributed by atoms with E-state index in [1.807, 2.05) is 20.8 Å². The van der Waals surface area contributed by atoms with Crippen LogP contribution in [0.2, 0.25) is 0 Å². The number of aromatic nitrogens is 2. The Morgan fingerprint density at radius 3 is 2.65 bits per heavy atom. The summed E-state index contributed by atoms with van der Waals surface area (Å²) in [6.07, 6.45) is 0. The van der Waals surface area contributed by atoms with Gasteiger partial charge in [-0.2, -0.15) is 0 Å². The average Bonchev–Trinajstić information content (AvgIpc) is 2.51. The highest BCUT2D eigenvalue weighted by molar-refractivity contribution is 7.71. The molecule has 122 valence electrons. The highest BCUT2D eigenvalue weighted by Crippen LogP contribution is 2.13. The van der Waals surface area contributed by atoms with Crippen LogP contribution in [-0.4, -0.2) is 33.4 Å². The lowest BCUT2D eigenvalue weighted by molar-refractivity contribution is 0.0778. The topological polar surface area (TPSA) is 58.1 Å². The Hall–Kier alpha value is -2.21. The van der Waals surface area contributed by atoms with Crippen molar-refractivity contribution in [2.24, 2.45) is 0 Å². The lowest BCUT2D eigenvalue weighted by Crippen LogP contribution is -2.32. The summed E-state index contributed by atoms with van der Waals surface area (Å²) in [7, 11) is 0. The molecule has 0 aliphatic heterocycles. The predicted molar refractivity (Wildman–Crippen MR) is 95.5 cm³/mol. The van der Waals surface area contributed by atoms with Crippen molar-refractivity contribution >= 4 is 29.0 Å². The lowest BCUT2D eigenvalue weighted by Gasteiger charge is -2.21. The molecule has 1 amide bonds. The van der Waals surface area contributed by atoms with E-state index in [4.69, 9.17) is 12.2 Å². The van der Waals surface area contributed by atoms with Crippen LogP contribution >= 0.6 is 12.2 Å². The van der Waals surface area contributed by atoms with Crippen molar-refractivity contribution in [3.05, 3.63) is 51.0 Å². The summed E-state index contributed by atoms with van der Waals surface area (Å²) < 4.78 is 1.86. The zero-order chi connectivity index (χ0) is 17.1. The van der Waals surface area contributed by atoms with Gasteiger partial charge in [0.05, 0.1) is 10.9 Å². The number of benzene rings is 1. The van der Waals surface area contributed by atoms with Gasteiger partial charge >= 0.3 is 0 Å². The van der Waals surface area contributed by atoms with Gasteiger partial charge in [0.25, 0.3) is 11.5 Å². The third kappa shape index (κ3) is 3.42. The molecule has 0 atom stereocenters. The fourth-order valence-electron chi connectivity index (χ4n) is 2.51. The second-order valence-corrected chi connectivity index (χ2v) is 5.90. The van der Waals surface area contributed by atoms with Crippen molar-refractivity contribution in [2.45, 2.75) is 27.3 Å². The normalized spacial score (nSPS) is 10.7. The highest BCUT2D eigenvalue weighted by Gasteiger charge is 2.15. The zero-order valence-corrected chi connectivity index (χ0v) is 14.5. The standard InChI is InChI=1S/C17H21N3O2S/c1-5-19(10-11(3)4)15(21)12-7-8-13-14(9-12)18-17(23)20(6-2)16(13)22/h7-9H,3,5-6,10H2,1-2,4H3,(H,18,23). The summed E-state index contributed by atoms with van der Waals surface area (Å²) in [4.78, 5) is 29.7. The van der Waals surface area contributed by atoms with Crippen LogP contribution in [0.25, 0.3) is 10.9 Å². The van der Waals surface area contributed by atoms with Gasteiger partial charge in [-0.3, -0.25) is 14.2 Å². The molecule has 0 aliphatic rings. The Kier molecular flexibility index (Phi) is 5.15. The quantitative estimate of drug-likeness (QED) is 0.676. The van der Waals surface area contributed by atoms with Gasteiger partial charge in [0, 0.05) is 25.2 Å². The number of fused-ring (bicyclic) bond motifs is 1. The minimum absolute atomic E-state index is 0.0867. The number of nitrogens with one attached hydrogen (secondary N) is 1. The maximum absolute atomic E-state index is 12.6. The molecule has 0 bridgehead atoms. The summed E-state index contributed by atoms with van der Waals surface area (Å²) in [5, 5.41) is 0.528. The van der Waals surface area contributed by atoms with Gasteiger partial charge in [-0.05, 0) is 51.2 Å². The number of hydrogen-bond donors (Lipinski definition) is 1. The van der Waals surface area contributed by atoms with E-state index in [1.165, 1.54) is 4.57 Å². The molecule has 1 heterocycles. The molecule has 2 rings (SSSR count). The number of rotatable bonds is 5. The lowest BCUT2D eigenvalue weighted by atomic mass is 10.1. The van der Waals surface area contributed by atoms with Gasteiger partial charge in [-0.15, -0.1) is 0 Å². The van der Waals surface area contributed by atoms with Crippen molar-refractivity contribution in [3.8, 4) is 0 Å². The van der Waals surface area contributed by atoms with Crippen LogP contribution in [-0.2, 0) is 6.54 Å². The van der Waals surface area contributed by atoms with E-state index in [-0.39, 0.29) is 11.5 Å². The Morgan fingerprint density at radius 2 is 2.09 bits per heavy atom. The van der Waals surface area contributed by atoms with Crippen LogP contribution in [0.3, 0.4) is 0 Å². The Balaban J connectivity index is 2.52. The van der Waals surface area contributed by atoms with E-state index in [1.54, 1.807) is 23.1 Å². The molecule has 0 aliphatic carbocycles. The van der Waals surface area contributed by atoms with Crippen molar-refractivity contribution < 1.29 is 4.79 Å². The van der Waals surface area contributed by atoms with Crippen molar-refractivity contribution in [3.63, 3.8) is 0 Å². The third-order valence-electron chi connectivity index (χ3n) is 3.67. The first kappa shape index (κ1) is 17.1. The molecule has 2 aromatic rings. The van der Waals surface area contributed by atoms with Crippen molar-refractivity contribution in [1.29, 1.82) is 0 Å². The third-order valence-corrected chi connectivity index (χ3v) is 4.00. The van der Waals surface area contributed by atoms with Crippen LogP contribution in [0.5, 0.6) is 0 Å². The molecule has 0 saturated heterocycles. The molecule has 1 aromatic carbocycles. The molecule has 23 heavy (non-hydrogen) atoms. The number of aromatic amines is 1.